The van der Waals surface area contributed by atoms with Gasteiger partial charge in [-0.1, -0.05) is 13.8 Å². The molecule has 1 rings (SSSR count). The summed E-state index contributed by atoms with van der Waals surface area (Å²) in [7, 11) is 0. The lowest BCUT2D eigenvalue weighted by Gasteiger charge is -2.10. The third-order valence-corrected chi connectivity index (χ3v) is 3.43. The van der Waals surface area contributed by atoms with Gasteiger partial charge < -0.3 is 5.11 Å². The van der Waals surface area contributed by atoms with Crippen LogP contribution in [0.3, 0.4) is 0 Å². The van der Waals surface area contributed by atoms with Crippen molar-refractivity contribution in [2.75, 3.05) is 0 Å². The summed E-state index contributed by atoms with van der Waals surface area (Å²) in [6.07, 6.45) is -0.00469. The standard InChI is InChI=1S/C12H18N2O2S/c1-7(2)17-6-11-13-8(3)10(5-12(15)16)9(4)14-11/h7H,5-6H2,1-4H3,(H,15,16). The van der Waals surface area contributed by atoms with Crippen molar-refractivity contribution in [3.05, 3.63) is 22.8 Å². The molecule has 1 heterocycles. The van der Waals surface area contributed by atoms with Gasteiger partial charge in [-0.3, -0.25) is 4.79 Å². The average Bonchev–Trinajstić information content (AvgIpc) is 2.20. The largest absolute Gasteiger partial charge is 0.481 e. The van der Waals surface area contributed by atoms with Crippen LogP contribution >= 0.6 is 11.8 Å². The first-order chi connectivity index (χ1) is 7.90. The van der Waals surface area contributed by atoms with Crippen LogP contribution in [0.25, 0.3) is 0 Å². The highest BCUT2D eigenvalue weighted by atomic mass is 32.2. The highest BCUT2D eigenvalue weighted by molar-refractivity contribution is 7.99. The Morgan fingerprint density at radius 1 is 1.29 bits per heavy atom. The third-order valence-electron chi connectivity index (χ3n) is 2.34. The lowest BCUT2D eigenvalue weighted by atomic mass is 10.1. The van der Waals surface area contributed by atoms with Gasteiger partial charge in [0.1, 0.15) is 5.82 Å². The second kappa shape index (κ2) is 6.00. The summed E-state index contributed by atoms with van der Waals surface area (Å²) in [6.45, 7) is 7.94. The van der Waals surface area contributed by atoms with E-state index in [0.717, 1.165) is 28.5 Å². The molecule has 0 unspecified atom stereocenters. The molecule has 0 atom stereocenters. The molecule has 0 aromatic carbocycles. The number of thioether (sulfide) groups is 1. The van der Waals surface area contributed by atoms with Gasteiger partial charge in [0.25, 0.3) is 0 Å². The summed E-state index contributed by atoms with van der Waals surface area (Å²) >= 11 is 1.78. The number of nitrogens with zero attached hydrogens (tertiary/aromatic N) is 2. The van der Waals surface area contributed by atoms with Gasteiger partial charge in [0, 0.05) is 17.0 Å². The fourth-order valence-corrected chi connectivity index (χ4v) is 2.13. The molecule has 0 saturated carbocycles. The topological polar surface area (TPSA) is 63.1 Å². The Morgan fingerprint density at radius 2 is 1.82 bits per heavy atom. The molecule has 1 N–H and O–H groups in total. The predicted molar refractivity (Wildman–Crippen MR) is 69.3 cm³/mol. The van der Waals surface area contributed by atoms with E-state index in [-0.39, 0.29) is 6.42 Å². The van der Waals surface area contributed by atoms with E-state index in [1.807, 2.05) is 13.8 Å². The molecule has 4 nitrogen and oxygen atoms in total. The van der Waals surface area contributed by atoms with Crippen LogP contribution in [0, 0.1) is 13.8 Å². The molecule has 0 radical (unpaired) electrons. The molecule has 0 aliphatic carbocycles. The molecular formula is C12H18N2O2S. The molecule has 0 fully saturated rings. The van der Waals surface area contributed by atoms with Crippen LogP contribution < -0.4 is 0 Å². The fourth-order valence-electron chi connectivity index (χ4n) is 1.52. The van der Waals surface area contributed by atoms with Crippen LogP contribution in [0.1, 0.15) is 36.6 Å². The number of carbonyl (C=O) groups is 1. The Bertz CT molecular complexity index is 396. The highest BCUT2D eigenvalue weighted by Gasteiger charge is 2.12. The van der Waals surface area contributed by atoms with E-state index in [2.05, 4.69) is 23.8 Å². The minimum atomic E-state index is -0.843. The molecule has 17 heavy (non-hydrogen) atoms. The first kappa shape index (κ1) is 14.0. The van der Waals surface area contributed by atoms with Gasteiger partial charge in [0.05, 0.1) is 12.2 Å². The maximum absolute atomic E-state index is 10.7. The van der Waals surface area contributed by atoms with Gasteiger partial charge in [-0.15, -0.1) is 0 Å². The quantitative estimate of drug-likeness (QED) is 0.874. The van der Waals surface area contributed by atoms with E-state index in [4.69, 9.17) is 5.11 Å². The Kier molecular flexibility index (Phi) is 4.93. The Morgan fingerprint density at radius 3 is 2.24 bits per heavy atom. The van der Waals surface area contributed by atoms with Crippen molar-refractivity contribution in [2.24, 2.45) is 0 Å². The predicted octanol–water partition coefficient (Wildman–Crippen LogP) is 2.36. The van der Waals surface area contributed by atoms with Crippen molar-refractivity contribution < 1.29 is 9.90 Å². The van der Waals surface area contributed by atoms with Crippen molar-refractivity contribution in [1.29, 1.82) is 0 Å². The number of rotatable bonds is 5. The fraction of sp³-hybridized carbons (Fsp3) is 0.583. The molecule has 0 aliphatic heterocycles. The molecule has 94 valence electrons. The van der Waals surface area contributed by atoms with Crippen molar-refractivity contribution >= 4 is 17.7 Å². The maximum atomic E-state index is 10.7. The van der Waals surface area contributed by atoms with Gasteiger partial charge in [0.2, 0.25) is 0 Å². The van der Waals surface area contributed by atoms with Crippen LogP contribution in [-0.2, 0) is 17.0 Å². The SMILES string of the molecule is Cc1nc(CSC(C)C)nc(C)c1CC(=O)O. The number of hydrogen-bond donors (Lipinski definition) is 1. The van der Waals surface area contributed by atoms with Crippen LogP contribution in [0.4, 0.5) is 0 Å². The number of hydrogen-bond acceptors (Lipinski definition) is 4. The lowest BCUT2D eigenvalue weighted by Crippen LogP contribution is -2.09. The van der Waals surface area contributed by atoms with E-state index >= 15 is 0 Å². The zero-order valence-electron chi connectivity index (χ0n) is 10.6. The number of aromatic nitrogens is 2. The zero-order chi connectivity index (χ0) is 13.0. The molecule has 1 aromatic heterocycles. The Balaban J connectivity index is 2.89. The van der Waals surface area contributed by atoms with Crippen LogP contribution in [0.15, 0.2) is 0 Å². The van der Waals surface area contributed by atoms with Gasteiger partial charge in [-0.2, -0.15) is 11.8 Å². The zero-order valence-corrected chi connectivity index (χ0v) is 11.5. The molecule has 0 bridgehead atoms. The molecule has 0 spiro atoms. The van der Waals surface area contributed by atoms with Crippen molar-refractivity contribution in [3.63, 3.8) is 0 Å². The monoisotopic (exact) mass is 254 g/mol. The van der Waals surface area contributed by atoms with Gasteiger partial charge >= 0.3 is 5.97 Å². The summed E-state index contributed by atoms with van der Waals surface area (Å²) < 4.78 is 0. The van der Waals surface area contributed by atoms with E-state index in [0.29, 0.717) is 5.25 Å². The number of carboxylic acids is 1. The van der Waals surface area contributed by atoms with Crippen molar-refractivity contribution in [3.8, 4) is 0 Å². The summed E-state index contributed by atoms with van der Waals surface area (Å²) in [5.74, 6) is 0.712. The molecule has 0 saturated heterocycles. The van der Waals surface area contributed by atoms with Gasteiger partial charge in [-0.25, -0.2) is 9.97 Å². The third kappa shape index (κ3) is 4.34. The Labute approximate surface area is 106 Å². The Hall–Kier alpha value is -1.10. The summed E-state index contributed by atoms with van der Waals surface area (Å²) in [6, 6.07) is 0. The van der Waals surface area contributed by atoms with E-state index in [1.54, 1.807) is 11.8 Å². The molecular weight excluding hydrogens is 236 g/mol. The normalized spacial score (nSPS) is 10.9. The van der Waals surface area contributed by atoms with Gasteiger partial charge in [-0.05, 0) is 19.1 Å². The van der Waals surface area contributed by atoms with Gasteiger partial charge in [0.15, 0.2) is 0 Å². The smallest absolute Gasteiger partial charge is 0.307 e. The van der Waals surface area contributed by atoms with Crippen LogP contribution in [-0.4, -0.2) is 26.3 Å². The molecule has 5 heteroatoms. The first-order valence-electron chi connectivity index (χ1n) is 5.56. The van der Waals surface area contributed by atoms with Crippen LogP contribution in [0.5, 0.6) is 0 Å². The molecule has 0 aliphatic rings. The van der Waals surface area contributed by atoms with E-state index < -0.39 is 5.97 Å². The van der Waals surface area contributed by atoms with Crippen molar-refractivity contribution in [2.45, 2.75) is 45.1 Å². The van der Waals surface area contributed by atoms with E-state index in [1.165, 1.54) is 0 Å². The minimum absolute atomic E-state index is 0.00469. The maximum Gasteiger partial charge on any atom is 0.307 e. The van der Waals surface area contributed by atoms with Crippen LogP contribution in [0.2, 0.25) is 0 Å². The number of aliphatic carboxylic acids is 1. The lowest BCUT2D eigenvalue weighted by molar-refractivity contribution is -0.136. The first-order valence-corrected chi connectivity index (χ1v) is 6.61. The number of carboxylic acid groups (broad SMARTS) is 1. The second-order valence-corrected chi connectivity index (χ2v) is 5.78. The molecule has 0 amide bonds. The summed E-state index contributed by atoms with van der Waals surface area (Å²) in [4.78, 5) is 19.4. The summed E-state index contributed by atoms with van der Waals surface area (Å²) in [5, 5.41) is 9.34. The highest BCUT2D eigenvalue weighted by Crippen LogP contribution is 2.17. The van der Waals surface area contributed by atoms with E-state index in [9.17, 15) is 4.79 Å². The minimum Gasteiger partial charge on any atom is -0.481 e. The van der Waals surface area contributed by atoms with Crippen molar-refractivity contribution in [1.82, 2.24) is 9.97 Å². The number of aryl methyl sites for hydroxylation is 2. The second-order valence-electron chi connectivity index (χ2n) is 4.22. The average molecular weight is 254 g/mol. The summed E-state index contributed by atoms with van der Waals surface area (Å²) in [5.41, 5.74) is 2.29. The molecule has 1 aromatic rings.